The van der Waals surface area contributed by atoms with Crippen molar-refractivity contribution in [2.45, 2.75) is 83.6 Å². The Morgan fingerprint density at radius 3 is 2.35 bits per heavy atom. The van der Waals surface area contributed by atoms with Crippen molar-refractivity contribution in [1.29, 1.82) is 0 Å². The monoisotopic (exact) mass is 751 g/mol. The number of likely N-dealkylation sites (tertiary alicyclic amines) is 1. The lowest BCUT2D eigenvalue weighted by Crippen LogP contribution is -2.60. The molecule has 1 saturated heterocycles. The topological polar surface area (TPSA) is 207 Å². The second-order valence-corrected chi connectivity index (χ2v) is 17.1. The van der Waals surface area contributed by atoms with Gasteiger partial charge >= 0.3 is 16.3 Å². The number of rotatable bonds is 11. The van der Waals surface area contributed by atoms with Gasteiger partial charge in [0.25, 0.3) is 5.91 Å². The predicted molar refractivity (Wildman–Crippen MR) is 187 cm³/mol. The van der Waals surface area contributed by atoms with E-state index in [0.717, 1.165) is 4.31 Å². The molecule has 0 radical (unpaired) electrons. The Kier molecular flexibility index (Phi) is 11.1. The Bertz CT molecular complexity index is 1800. The molecule has 0 bridgehead atoms. The van der Waals surface area contributed by atoms with Gasteiger partial charge in [0.05, 0.1) is 18.2 Å². The van der Waals surface area contributed by atoms with Crippen molar-refractivity contribution in [2.24, 2.45) is 11.3 Å². The van der Waals surface area contributed by atoms with Crippen LogP contribution in [0.5, 0.6) is 5.75 Å². The minimum absolute atomic E-state index is 0.00745. The fourth-order valence-electron chi connectivity index (χ4n) is 5.65. The van der Waals surface area contributed by atoms with E-state index in [1.54, 1.807) is 59.7 Å². The fourth-order valence-corrected chi connectivity index (χ4v) is 6.51. The van der Waals surface area contributed by atoms with Gasteiger partial charge in [0.15, 0.2) is 0 Å². The third-order valence-corrected chi connectivity index (χ3v) is 10.3. The number of carbonyl (C=O) groups is 4. The van der Waals surface area contributed by atoms with Crippen LogP contribution in [0, 0.1) is 11.3 Å². The molecule has 1 aliphatic carbocycles. The van der Waals surface area contributed by atoms with Crippen LogP contribution in [0.1, 0.15) is 60.4 Å². The van der Waals surface area contributed by atoms with E-state index in [4.69, 9.17) is 21.1 Å². The van der Waals surface area contributed by atoms with Crippen molar-refractivity contribution >= 4 is 45.6 Å². The Morgan fingerprint density at radius 2 is 1.82 bits per heavy atom. The highest BCUT2D eigenvalue weighted by atomic mass is 35.5. The summed E-state index contributed by atoms with van der Waals surface area (Å²) in [5, 5.41) is 18.6. The van der Waals surface area contributed by atoms with Gasteiger partial charge < -0.3 is 25.0 Å². The van der Waals surface area contributed by atoms with E-state index in [2.05, 4.69) is 32.6 Å². The van der Waals surface area contributed by atoms with E-state index >= 15 is 0 Å². The SMILES string of the molecule is C=C[C@@H]1C[C@]1(NC(=O)[C@@H]1C[C@@H](n2nnc(-c3ccc(OC)c(Cl)c3)n2)CN1C(=O)[C@@H](NC(=O)OC(C)(C)C)C(C)(C)C)C(=O)NS(=O)(=O)N(C)C. The van der Waals surface area contributed by atoms with Crippen LogP contribution in [0.3, 0.4) is 0 Å². The van der Waals surface area contributed by atoms with Crippen LogP contribution in [0.15, 0.2) is 30.9 Å². The second kappa shape index (κ2) is 14.4. The number of ether oxygens (including phenoxy) is 2. The Balaban J connectivity index is 1.68. The zero-order valence-electron chi connectivity index (χ0n) is 30.2. The maximum absolute atomic E-state index is 14.4. The summed E-state index contributed by atoms with van der Waals surface area (Å²) in [6.07, 6.45) is 0.712. The van der Waals surface area contributed by atoms with Gasteiger partial charge in [-0.1, -0.05) is 38.4 Å². The number of methoxy groups -OCH3 is 1. The molecular formula is C32H46ClN9O8S. The smallest absolute Gasteiger partial charge is 0.408 e. The molecule has 0 spiro atoms. The molecule has 1 aromatic carbocycles. The van der Waals surface area contributed by atoms with Crippen molar-refractivity contribution in [3.8, 4) is 17.1 Å². The van der Waals surface area contributed by atoms with Gasteiger partial charge in [0.1, 0.15) is 29.0 Å². The number of nitrogens with one attached hydrogen (secondary N) is 3. The van der Waals surface area contributed by atoms with E-state index in [1.165, 1.54) is 37.0 Å². The standard InChI is InChI=1S/C32H46ClN9O8S/c1-11-19-16-32(19,28(45)38-51(47,48)40(8)9)35-26(43)22-15-20(42-37-25(36-39-42)18-12-13-23(49-10)21(33)14-18)17-41(22)27(44)24(30(2,3)4)34-29(46)50-31(5,6)7/h11-14,19-20,22,24H,1,15-17H2,2-10H3,(H,34,46)(H,35,43)(H,38,45)/t19-,20-,22+,24-,32-/m1/s1. The number of amides is 4. The van der Waals surface area contributed by atoms with Crippen molar-refractivity contribution in [3.63, 3.8) is 0 Å². The van der Waals surface area contributed by atoms with E-state index < -0.39 is 74.6 Å². The molecule has 5 atom stereocenters. The zero-order chi connectivity index (χ0) is 38.3. The largest absolute Gasteiger partial charge is 0.495 e. The minimum Gasteiger partial charge on any atom is -0.495 e. The van der Waals surface area contributed by atoms with Crippen LogP contribution < -0.4 is 20.1 Å². The lowest BCUT2D eigenvalue weighted by Gasteiger charge is -2.36. The van der Waals surface area contributed by atoms with Crippen LogP contribution in [0.4, 0.5) is 4.79 Å². The van der Waals surface area contributed by atoms with Crippen LogP contribution in [0.25, 0.3) is 11.4 Å². The summed E-state index contributed by atoms with van der Waals surface area (Å²) in [6, 6.07) is 1.96. The molecule has 1 aromatic heterocycles. The van der Waals surface area contributed by atoms with Crippen LogP contribution >= 0.6 is 11.6 Å². The lowest BCUT2D eigenvalue weighted by atomic mass is 9.85. The molecule has 4 rings (SSSR count). The summed E-state index contributed by atoms with van der Waals surface area (Å²) in [7, 11) is -0.188. The van der Waals surface area contributed by atoms with Gasteiger partial charge in [0.2, 0.25) is 17.6 Å². The summed E-state index contributed by atoms with van der Waals surface area (Å²) in [5.74, 6) is -2.15. The number of hydrogen-bond acceptors (Lipinski definition) is 11. The highest BCUT2D eigenvalue weighted by Crippen LogP contribution is 2.45. The first-order valence-corrected chi connectivity index (χ1v) is 18.0. The first kappa shape index (κ1) is 39.5. The normalized spacial score (nSPS) is 22.6. The first-order chi connectivity index (χ1) is 23.5. The van der Waals surface area contributed by atoms with Crippen molar-refractivity contribution in [2.75, 3.05) is 27.7 Å². The highest BCUT2D eigenvalue weighted by molar-refractivity contribution is 7.87. The van der Waals surface area contributed by atoms with Crippen LogP contribution in [-0.2, 0) is 29.3 Å². The summed E-state index contributed by atoms with van der Waals surface area (Å²) in [4.78, 5) is 57.5. The van der Waals surface area contributed by atoms with Gasteiger partial charge in [-0.3, -0.25) is 14.4 Å². The molecule has 19 heteroatoms. The number of nitrogens with zero attached hydrogens (tertiary/aromatic N) is 6. The molecule has 2 aliphatic rings. The van der Waals surface area contributed by atoms with Crippen molar-refractivity contribution in [1.82, 2.24) is 44.8 Å². The maximum atomic E-state index is 14.4. The van der Waals surface area contributed by atoms with Gasteiger partial charge in [-0.25, -0.2) is 9.52 Å². The third kappa shape index (κ3) is 8.78. The van der Waals surface area contributed by atoms with E-state index in [0.29, 0.717) is 16.3 Å². The Hall–Kier alpha value is -4.29. The number of aromatic nitrogens is 4. The second-order valence-electron chi connectivity index (χ2n) is 14.8. The predicted octanol–water partition coefficient (Wildman–Crippen LogP) is 2.07. The average molecular weight is 752 g/mol. The number of hydrogen-bond donors (Lipinski definition) is 3. The molecule has 4 amide bonds. The van der Waals surface area contributed by atoms with E-state index in [-0.39, 0.29) is 25.2 Å². The maximum Gasteiger partial charge on any atom is 0.408 e. The molecule has 2 heterocycles. The molecular weight excluding hydrogens is 706 g/mol. The number of alkyl carbamates (subject to hydrolysis) is 1. The molecule has 1 aliphatic heterocycles. The van der Waals surface area contributed by atoms with Gasteiger partial charge in [-0.2, -0.15) is 17.5 Å². The summed E-state index contributed by atoms with van der Waals surface area (Å²) in [5.41, 5.74) is -2.76. The fraction of sp³-hybridized carbons (Fsp3) is 0.594. The molecule has 17 nitrogen and oxygen atoms in total. The van der Waals surface area contributed by atoms with E-state index in [1.807, 2.05) is 4.72 Å². The van der Waals surface area contributed by atoms with Crippen molar-refractivity contribution in [3.05, 3.63) is 35.9 Å². The molecule has 2 aromatic rings. The molecule has 2 fully saturated rings. The van der Waals surface area contributed by atoms with Crippen LogP contribution in [0.2, 0.25) is 5.02 Å². The van der Waals surface area contributed by atoms with Crippen molar-refractivity contribution < 1.29 is 37.1 Å². The lowest BCUT2D eigenvalue weighted by molar-refractivity contribution is -0.143. The third-order valence-electron chi connectivity index (χ3n) is 8.56. The van der Waals surface area contributed by atoms with Gasteiger partial charge in [-0.05, 0) is 56.0 Å². The molecule has 51 heavy (non-hydrogen) atoms. The number of carbonyl (C=O) groups excluding carboxylic acids is 4. The first-order valence-electron chi connectivity index (χ1n) is 16.2. The number of benzene rings is 1. The molecule has 1 saturated carbocycles. The number of halogens is 1. The molecule has 0 unspecified atom stereocenters. The summed E-state index contributed by atoms with van der Waals surface area (Å²) in [6.45, 7) is 14.0. The average Bonchev–Trinajstić information content (AvgIpc) is 3.32. The molecule has 3 N–H and O–H groups in total. The molecule has 280 valence electrons. The quantitative estimate of drug-likeness (QED) is 0.283. The Morgan fingerprint density at radius 1 is 1.16 bits per heavy atom. The Labute approximate surface area is 302 Å². The van der Waals surface area contributed by atoms with Crippen LogP contribution in [-0.4, -0.2) is 113 Å². The van der Waals surface area contributed by atoms with Gasteiger partial charge in [0, 0.05) is 38.5 Å². The summed E-state index contributed by atoms with van der Waals surface area (Å²) < 4.78 is 38.5. The summed E-state index contributed by atoms with van der Waals surface area (Å²) >= 11 is 6.30. The van der Waals surface area contributed by atoms with E-state index in [9.17, 15) is 27.6 Å². The number of tetrazole rings is 1. The highest BCUT2D eigenvalue weighted by Gasteiger charge is 2.61. The zero-order valence-corrected chi connectivity index (χ0v) is 31.8. The minimum atomic E-state index is -4.19. The van der Waals surface area contributed by atoms with Gasteiger partial charge in [-0.15, -0.1) is 16.8 Å².